The number of halogens is 1. The van der Waals surface area contributed by atoms with E-state index in [0.717, 1.165) is 29.7 Å². The van der Waals surface area contributed by atoms with Gasteiger partial charge in [-0.15, -0.1) is 0 Å². The Morgan fingerprint density at radius 1 is 1.39 bits per heavy atom. The second kappa shape index (κ2) is 4.95. The molecule has 1 aromatic carbocycles. The van der Waals surface area contributed by atoms with Crippen LogP contribution < -0.4 is 10.6 Å². The number of aromatic nitrogens is 2. The summed E-state index contributed by atoms with van der Waals surface area (Å²) in [7, 11) is 1.90. The molecule has 3 atom stereocenters. The van der Waals surface area contributed by atoms with Crippen molar-refractivity contribution in [1.29, 1.82) is 0 Å². The Morgan fingerprint density at radius 3 is 2.78 bits per heavy atom. The van der Waals surface area contributed by atoms with Crippen molar-refractivity contribution in [2.75, 3.05) is 13.1 Å². The van der Waals surface area contributed by atoms with Crippen molar-refractivity contribution in [1.82, 2.24) is 20.4 Å². The van der Waals surface area contributed by atoms with E-state index in [2.05, 4.69) is 15.7 Å². The van der Waals surface area contributed by atoms with Gasteiger partial charge in [-0.1, -0.05) is 11.6 Å². The van der Waals surface area contributed by atoms with Crippen molar-refractivity contribution >= 4 is 28.4 Å². The third kappa shape index (κ3) is 2.34. The van der Waals surface area contributed by atoms with Crippen LogP contribution in [-0.2, 0) is 17.4 Å². The van der Waals surface area contributed by atoms with Crippen LogP contribution in [0.1, 0.15) is 19.5 Å². The fourth-order valence-electron chi connectivity index (χ4n) is 3.95. The standard InChI is InChI=1S/C17H21ClN4O/c1-17(2,20-16(23)14-11-7-19-8-12(11)14)15-10-5-4-9(18)6-13(10)22(3)21-15/h4-6,11-12,14,19H,7-8H2,1-3H3,(H,20,23)/t11-,12+,14?. The summed E-state index contributed by atoms with van der Waals surface area (Å²) in [6.45, 7) is 5.96. The zero-order valence-corrected chi connectivity index (χ0v) is 14.3. The largest absolute Gasteiger partial charge is 0.345 e. The molecule has 0 radical (unpaired) electrons. The first-order valence-corrected chi connectivity index (χ1v) is 8.42. The fraction of sp³-hybridized carbons (Fsp3) is 0.529. The van der Waals surface area contributed by atoms with E-state index in [1.54, 1.807) is 0 Å². The van der Waals surface area contributed by atoms with Crippen molar-refractivity contribution in [3.63, 3.8) is 0 Å². The molecule has 6 heteroatoms. The molecule has 5 nitrogen and oxygen atoms in total. The lowest BCUT2D eigenvalue weighted by Crippen LogP contribution is -2.43. The molecule has 2 fully saturated rings. The van der Waals surface area contributed by atoms with Gasteiger partial charge in [-0.2, -0.15) is 5.10 Å². The zero-order chi connectivity index (χ0) is 16.4. The molecule has 4 rings (SSSR count). The number of piperidine rings is 1. The summed E-state index contributed by atoms with van der Waals surface area (Å²) in [6.07, 6.45) is 0. The summed E-state index contributed by atoms with van der Waals surface area (Å²) in [6, 6.07) is 5.75. The molecule has 1 saturated heterocycles. The van der Waals surface area contributed by atoms with Gasteiger partial charge in [-0.25, -0.2) is 0 Å². The molecule has 0 bridgehead atoms. The van der Waals surface area contributed by atoms with Crippen LogP contribution in [0.2, 0.25) is 5.02 Å². The van der Waals surface area contributed by atoms with Gasteiger partial charge in [-0.3, -0.25) is 9.48 Å². The summed E-state index contributed by atoms with van der Waals surface area (Å²) in [5.41, 5.74) is 1.33. The van der Waals surface area contributed by atoms with Crippen LogP contribution in [0.15, 0.2) is 18.2 Å². The first-order chi connectivity index (χ1) is 10.9. The van der Waals surface area contributed by atoms with Crippen LogP contribution in [0.4, 0.5) is 0 Å². The Labute approximate surface area is 140 Å². The number of fused-ring (bicyclic) bond motifs is 2. The molecule has 2 aliphatic rings. The summed E-state index contributed by atoms with van der Waals surface area (Å²) < 4.78 is 1.82. The third-order valence-corrected chi connectivity index (χ3v) is 5.47. The van der Waals surface area contributed by atoms with Gasteiger partial charge in [0, 0.05) is 23.4 Å². The molecule has 2 N–H and O–H groups in total. The minimum atomic E-state index is -0.519. The highest BCUT2D eigenvalue weighted by molar-refractivity contribution is 6.31. The number of hydrogen-bond acceptors (Lipinski definition) is 3. The van der Waals surface area contributed by atoms with E-state index in [4.69, 9.17) is 11.6 Å². The van der Waals surface area contributed by atoms with Crippen molar-refractivity contribution < 1.29 is 4.79 Å². The second-order valence-electron chi connectivity index (χ2n) is 7.26. The van der Waals surface area contributed by atoms with Crippen LogP contribution in [0.25, 0.3) is 10.9 Å². The second-order valence-corrected chi connectivity index (χ2v) is 7.70. The van der Waals surface area contributed by atoms with E-state index >= 15 is 0 Å². The molecule has 1 unspecified atom stereocenters. The average molecular weight is 333 g/mol. The van der Waals surface area contributed by atoms with Crippen LogP contribution in [0, 0.1) is 17.8 Å². The van der Waals surface area contributed by atoms with E-state index in [-0.39, 0.29) is 11.8 Å². The fourth-order valence-corrected chi connectivity index (χ4v) is 4.12. The summed E-state index contributed by atoms with van der Waals surface area (Å²) in [5.74, 6) is 1.36. The molecule has 1 aliphatic heterocycles. The molecule has 1 aliphatic carbocycles. The van der Waals surface area contributed by atoms with Crippen LogP contribution in [0.5, 0.6) is 0 Å². The first-order valence-electron chi connectivity index (χ1n) is 8.04. The Balaban J connectivity index is 1.62. The number of aryl methyl sites for hydroxylation is 1. The van der Waals surface area contributed by atoms with Crippen LogP contribution in [-0.4, -0.2) is 28.8 Å². The Kier molecular flexibility index (Phi) is 3.22. The monoisotopic (exact) mass is 332 g/mol. The lowest BCUT2D eigenvalue weighted by atomic mass is 9.96. The predicted octanol–water partition coefficient (Wildman–Crippen LogP) is 2.04. The number of nitrogens with zero attached hydrogens (tertiary/aromatic N) is 2. The van der Waals surface area contributed by atoms with E-state index in [9.17, 15) is 4.79 Å². The summed E-state index contributed by atoms with van der Waals surface area (Å²) in [4.78, 5) is 12.6. The van der Waals surface area contributed by atoms with Gasteiger partial charge in [0.1, 0.15) is 0 Å². The molecule has 1 saturated carbocycles. The summed E-state index contributed by atoms with van der Waals surface area (Å²) in [5, 5.41) is 12.9. The SMILES string of the molecule is Cn1nc(C(C)(C)NC(=O)C2[C@H]3CNC[C@@H]23)c2ccc(Cl)cc21. The van der Waals surface area contributed by atoms with Crippen LogP contribution >= 0.6 is 11.6 Å². The van der Waals surface area contributed by atoms with E-state index in [1.807, 2.05) is 43.8 Å². The topological polar surface area (TPSA) is 59.0 Å². The molecule has 2 heterocycles. The predicted molar refractivity (Wildman–Crippen MR) is 90.2 cm³/mol. The maximum atomic E-state index is 12.6. The van der Waals surface area contributed by atoms with E-state index in [1.165, 1.54) is 0 Å². The molecule has 2 aromatic rings. The van der Waals surface area contributed by atoms with Gasteiger partial charge in [-0.05, 0) is 57.0 Å². The molecule has 1 aromatic heterocycles. The van der Waals surface area contributed by atoms with Crippen molar-refractivity contribution in [2.45, 2.75) is 19.4 Å². The van der Waals surface area contributed by atoms with Gasteiger partial charge in [0.2, 0.25) is 5.91 Å². The number of nitrogens with one attached hydrogen (secondary N) is 2. The van der Waals surface area contributed by atoms with Gasteiger partial charge in [0.05, 0.1) is 16.7 Å². The Morgan fingerprint density at radius 2 is 2.09 bits per heavy atom. The zero-order valence-electron chi connectivity index (χ0n) is 13.6. The van der Waals surface area contributed by atoms with Gasteiger partial charge < -0.3 is 10.6 Å². The highest BCUT2D eigenvalue weighted by Crippen LogP contribution is 2.49. The first kappa shape index (κ1) is 15.0. The number of rotatable bonds is 3. The number of carbonyl (C=O) groups excluding carboxylic acids is 1. The molecule has 0 spiro atoms. The number of carbonyl (C=O) groups is 1. The molecule has 23 heavy (non-hydrogen) atoms. The lowest BCUT2D eigenvalue weighted by Gasteiger charge is -2.25. The van der Waals surface area contributed by atoms with Gasteiger partial charge >= 0.3 is 0 Å². The van der Waals surface area contributed by atoms with E-state index in [0.29, 0.717) is 16.9 Å². The number of amides is 1. The maximum Gasteiger partial charge on any atom is 0.224 e. The minimum Gasteiger partial charge on any atom is -0.345 e. The third-order valence-electron chi connectivity index (χ3n) is 5.24. The molecule has 1 amide bonds. The number of hydrogen-bond donors (Lipinski definition) is 2. The highest BCUT2D eigenvalue weighted by Gasteiger charge is 2.57. The molecular weight excluding hydrogens is 312 g/mol. The maximum absolute atomic E-state index is 12.6. The minimum absolute atomic E-state index is 0.152. The number of benzene rings is 1. The van der Waals surface area contributed by atoms with Crippen LogP contribution in [0.3, 0.4) is 0 Å². The van der Waals surface area contributed by atoms with Crippen molar-refractivity contribution in [3.8, 4) is 0 Å². The normalized spacial score (nSPS) is 26.3. The quantitative estimate of drug-likeness (QED) is 0.904. The highest BCUT2D eigenvalue weighted by atomic mass is 35.5. The van der Waals surface area contributed by atoms with Crippen molar-refractivity contribution in [3.05, 3.63) is 28.9 Å². The summed E-state index contributed by atoms with van der Waals surface area (Å²) >= 11 is 6.09. The molecule has 122 valence electrons. The van der Waals surface area contributed by atoms with Crippen molar-refractivity contribution in [2.24, 2.45) is 24.8 Å². The average Bonchev–Trinajstić information content (AvgIpc) is 2.81. The Bertz CT molecular complexity index is 787. The smallest absolute Gasteiger partial charge is 0.224 e. The lowest BCUT2D eigenvalue weighted by molar-refractivity contribution is -0.124. The van der Waals surface area contributed by atoms with Gasteiger partial charge in [0.25, 0.3) is 0 Å². The Hall–Kier alpha value is -1.59. The van der Waals surface area contributed by atoms with Gasteiger partial charge in [0.15, 0.2) is 0 Å². The van der Waals surface area contributed by atoms with E-state index < -0.39 is 5.54 Å². The molecular formula is C17H21ClN4O.